The van der Waals surface area contributed by atoms with Gasteiger partial charge in [-0.05, 0) is 43.7 Å². The summed E-state index contributed by atoms with van der Waals surface area (Å²) < 4.78 is 6.53. The number of benzene rings is 1. The molecule has 0 spiro atoms. The van der Waals surface area contributed by atoms with Crippen molar-refractivity contribution < 1.29 is 9.53 Å². The van der Waals surface area contributed by atoms with E-state index in [2.05, 4.69) is 25.3 Å². The van der Waals surface area contributed by atoms with E-state index in [1.807, 2.05) is 36.4 Å². The molecule has 0 bridgehead atoms. The van der Waals surface area contributed by atoms with Crippen LogP contribution in [0.1, 0.15) is 34.6 Å². The zero-order chi connectivity index (χ0) is 20.1. The molecule has 3 rings (SSSR count). The highest BCUT2D eigenvalue weighted by Gasteiger charge is 2.22. The lowest BCUT2D eigenvalue weighted by Crippen LogP contribution is -2.44. The Morgan fingerprint density at radius 2 is 1.93 bits per heavy atom. The third kappa shape index (κ3) is 5.67. The van der Waals surface area contributed by atoms with Crippen LogP contribution in [-0.4, -0.2) is 47.5 Å². The number of ether oxygens (including phenoxy) is 1. The number of morpholine rings is 1. The maximum Gasteiger partial charge on any atom is 0.254 e. The van der Waals surface area contributed by atoms with E-state index >= 15 is 0 Å². The Hall–Kier alpha value is -1.66. The normalized spacial score (nSPS) is 20.1. The minimum Gasteiger partial charge on any atom is -0.373 e. The average Bonchev–Trinajstić information content (AvgIpc) is 3.05. The maximum atomic E-state index is 13.0. The molecule has 2 aromatic rings. The summed E-state index contributed by atoms with van der Waals surface area (Å²) in [6.07, 6.45) is 2.26. The van der Waals surface area contributed by atoms with Crippen molar-refractivity contribution in [2.24, 2.45) is 0 Å². The van der Waals surface area contributed by atoms with Gasteiger partial charge in [-0.3, -0.25) is 9.69 Å². The fraction of sp³-hybridized carbons (Fsp3) is 0.409. The van der Waals surface area contributed by atoms with Crippen molar-refractivity contribution in [2.75, 3.05) is 19.6 Å². The van der Waals surface area contributed by atoms with Gasteiger partial charge in [0.1, 0.15) is 0 Å². The molecule has 2 unspecified atom stereocenters. The van der Waals surface area contributed by atoms with Crippen LogP contribution in [0.2, 0.25) is 4.34 Å². The van der Waals surface area contributed by atoms with Gasteiger partial charge in [-0.15, -0.1) is 17.9 Å². The van der Waals surface area contributed by atoms with E-state index in [0.29, 0.717) is 18.7 Å². The fourth-order valence-corrected chi connectivity index (χ4v) is 4.71. The molecule has 150 valence electrons. The molecule has 0 N–H and O–H groups in total. The highest BCUT2D eigenvalue weighted by atomic mass is 35.5. The molecule has 28 heavy (non-hydrogen) atoms. The SMILES string of the molecule is C=CCN(Cc1ccc(Cl)s1)C(=O)c1ccc(CN2CC(C)OC(C)C2)cc1. The first-order valence-corrected chi connectivity index (χ1v) is 10.7. The molecule has 6 heteroatoms. The van der Waals surface area contributed by atoms with Crippen molar-refractivity contribution in [3.63, 3.8) is 0 Å². The second kappa shape index (κ2) is 9.70. The summed E-state index contributed by atoms with van der Waals surface area (Å²) >= 11 is 7.51. The van der Waals surface area contributed by atoms with Crippen LogP contribution >= 0.6 is 22.9 Å². The summed E-state index contributed by atoms with van der Waals surface area (Å²) in [5.41, 5.74) is 1.90. The number of thiophene rings is 1. The zero-order valence-electron chi connectivity index (χ0n) is 16.4. The molecule has 2 heterocycles. The first-order valence-electron chi connectivity index (χ1n) is 9.55. The molecule has 0 saturated carbocycles. The van der Waals surface area contributed by atoms with Gasteiger partial charge in [0.2, 0.25) is 0 Å². The van der Waals surface area contributed by atoms with Crippen LogP contribution in [-0.2, 0) is 17.8 Å². The molecule has 1 fully saturated rings. The van der Waals surface area contributed by atoms with Crippen molar-refractivity contribution in [1.82, 2.24) is 9.80 Å². The topological polar surface area (TPSA) is 32.8 Å². The Balaban J connectivity index is 1.65. The van der Waals surface area contributed by atoms with Crippen molar-refractivity contribution >= 4 is 28.8 Å². The predicted molar refractivity (Wildman–Crippen MR) is 116 cm³/mol. The van der Waals surface area contributed by atoms with Gasteiger partial charge in [0.05, 0.1) is 23.1 Å². The summed E-state index contributed by atoms with van der Waals surface area (Å²) in [7, 11) is 0. The van der Waals surface area contributed by atoms with Gasteiger partial charge in [-0.2, -0.15) is 0 Å². The van der Waals surface area contributed by atoms with Crippen LogP contribution in [0.15, 0.2) is 49.1 Å². The van der Waals surface area contributed by atoms with E-state index in [1.54, 1.807) is 11.0 Å². The van der Waals surface area contributed by atoms with Crippen molar-refractivity contribution in [3.05, 3.63) is 69.4 Å². The van der Waals surface area contributed by atoms with E-state index in [-0.39, 0.29) is 18.1 Å². The Morgan fingerprint density at radius 3 is 2.50 bits per heavy atom. The third-order valence-electron chi connectivity index (χ3n) is 4.71. The second-order valence-corrected chi connectivity index (χ2v) is 9.13. The van der Waals surface area contributed by atoms with E-state index in [1.165, 1.54) is 16.9 Å². The standard InChI is InChI=1S/C22H27ClN2O2S/c1-4-11-25(15-20-9-10-21(23)28-20)22(26)19-7-5-18(6-8-19)14-24-12-16(2)27-17(3)13-24/h4-10,16-17H,1,11-15H2,2-3H3. The van der Waals surface area contributed by atoms with Crippen molar-refractivity contribution in [2.45, 2.75) is 39.1 Å². The van der Waals surface area contributed by atoms with Crippen LogP contribution in [0.3, 0.4) is 0 Å². The van der Waals surface area contributed by atoms with E-state index in [0.717, 1.165) is 28.8 Å². The fourth-order valence-electron chi connectivity index (χ4n) is 3.61. The maximum absolute atomic E-state index is 13.0. The monoisotopic (exact) mass is 418 g/mol. The molecule has 1 aliphatic rings. The highest BCUT2D eigenvalue weighted by molar-refractivity contribution is 7.16. The molecule has 1 aliphatic heterocycles. The van der Waals surface area contributed by atoms with E-state index in [4.69, 9.17) is 16.3 Å². The first kappa shape index (κ1) is 21.1. The Kier molecular flexibility index (Phi) is 7.30. The van der Waals surface area contributed by atoms with Gasteiger partial charge in [-0.1, -0.05) is 29.8 Å². The number of amides is 1. The number of carbonyl (C=O) groups excluding carboxylic acids is 1. The van der Waals surface area contributed by atoms with Crippen LogP contribution in [0.4, 0.5) is 0 Å². The lowest BCUT2D eigenvalue weighted by atomic mass is 10.1. The predicted octanol–water partition coefficient (Wildman–Crippen LogP) is 4.84. The Bertz CT molecular complexity index is 795. The summed E-state index contributed by atoms with van der Waals surface area (Å²) in [6, 6.07) is 11.8. The molecule has 0 aliphatic carbocycles. The molecular weight excluding hydrogens is 392 g/mol. The van der Waals surface area contributed by atoms with Crippen LogP contribution in [0.25, 0.3) is 0 Å². The van der Waals surface area contributed by atoms with E-state index < -0.39 is 0 Å². The summed E-state index contributed by atoms with van der Waals surface area (Å²) in [6.45, 7) is 11.8. The summed E-state index contributed by atoms with van der Waals surface area (Å²) in [5, 5.41) is 0. The molecule has 2 atom stereocenters. The molecule has 1 saturated heterocycles. The second-order valence-electron chi connectivity index (χ2n) is 7.33. The molecule has 1 aromatic heterocycles. The number of hydrogen-bond donors (Lipinski definition) is 0. The number of halogens is 1. The van der Waals surface area contributed by atoms with Gasteiger partial charge >= 0.3 is 0 Å². The highest BCUT2D eigenvalue weighted by Crippen LogP contribution is 2.23. The minimum atomic E-state index is 0.00425. The molecular formula is C22H27ClN2O2S. The summed E-state index contributed by atoms with van der Waals surface area (Å²) in [4.78, 5) is 18.2. The molecule has 0 radical (unpaired) electrons. The Morgan fingerprint density at radius 1 is 1.25 bits per heavy atom. The summed E-state index contributed by atoms with van der Waals surface area (Å²) in [5.74, 6) is 0.00425. The van der Waals surface area contributed by atoms with Crippen molar-refractivity contribution in [3.8, 4) is 0 Å². The quantitative estimate of drug-likeness (QED) is 0.603. The van der Waals surface area contributed by atoms with Crippen molar-refractivity contribution in [1.29, 1.82) is 0 Å². The lowest BCUT2D eigenvalue weighted by molar-refractivity contribution is -0.0704. The molecule has 4 nitrogen and oxygen atoms in total. The zero-order valence-corrected chi connectivity index (χ0v) is 18.0. The van der Waals surface area contributed by atoms with Crippen LogP contribution in [0.5, 0.6) is 0 Å². The number of nitrogens with zero attached hydrogens (tertiary/aromatic N) is 2. The number of hydrogen-bond acceptors (Lipinski definition) is 4. The van der Waals surface area contributed by atoms with Gasteiger partial charge in [-0.25, -0.2) is 0 Å². The third-order valence-corrected chi connectivity index (χ3v) is 5.93. The Labute approximate surface area is 176 Å². The minimum absolute atomic E-state index is 0.00425. The van der Waals surface area contributed by atoms with Crippen LogP contribution in [0, 0.1) is 0 Å². The van der Waals surface area contributed by atoms with Crippen LogP contribution < -0.4 is 0 Å². The van der Waals surface area contributed by atoms with Gasteiger partial charge in [0.15, 0.2) is 0 Å². The van der Waals surface area contributed by atoms with E-state index in [9.17, 15) is 4.79 Å². The molecule has 1 aromatic carbocycles. The smallest absolute Gasteiger partial charge is 0.254 e. The largest absolute Gasteiger partial charge is 0.373 e. The van der Waals surface area contributed by atoms with Gasteiger partial charge in [0, 0.05) is 36.6 Å². The number of carbonyl (C=O) groups is 1. The average molecular weight is 419 g/mol. The van der Waals surface area contributed by atoms with Gasteiger partial charge < -0.3 is 9.64 Å². The lowest BCUT2D eigenvalue weighted by Gasteiger charge is -2.35. The first-order chi connectivity index (χ1) is 13.4. The number of rotatable bonds is 7. The molecule has 1 amide bonds. The van der Waals surface area contributed by atoms with Gasteiger partial charge in [0.25, 0.3) is 5.91 Å².